The van der Waals surface area contributed by atoms with Crippen LogP contribution in [0.1, 0.15) is 11.1 Å². The van der Waals surface area contributed by atoms with Gasteiger partial charge in [-0.1, -0.05) is 28.1 Å². The molecule has 100 valence electrons. The zero-order valence-electron chi connectivity index (χ0n) is 10.6. The Bertz CT molecular complexity index is 692. The predicted molar refractivity (Wildman–Crippen MR) is 82.0 cm³/mol. The maximum atomic E-state index is 12.0. The van der Waals surface area contributed by atoms with Gasteiger partial charge < -0.3 is 11.1 Å². The fourth-order valence-electron chi connectivity index (χ4n) is 1.79. The fraction of sp³-hybridized carbons (Fsp3) is 0.0667. The smallest absolute Gasteiger partial charge is 0.228 e. The van der Waals surface area contributed by atoms with Crippen molar-refractivity contribution in [3.05, 3.63) is 58.1 Å². The molecule has 4 nitrogen and oxygen atoms in total. The summed E-state index contributed by atoms with van der Waals surface area (Å²) < 4.78 is 0.924. The molecular formula is C15H12BrN3O. The van der Waals surface area contributed by atoms with E-state index in [-0.39, 0.29) is 12.3 Å². The molecule has 0 aliphatic rings. The highest BCUT2D eigenvalue weighted by Crippen LogP contribution is 2.18. The molecule has 0 spiro atoms. The van der Waals surface area contributed by atoms with Crippen LogP contribution in [-0.2, 0) is 11.2 Å². The van der Waals surface area contributed by atoms with Gasteiger partial charge in [0, 0.05) is 10.2 Å². The van der Waals surface area contributed by atoms with Crippen molar-refractivity contribution >= 4 is 33.2 Å². The van der Waals surface area contributed by atoms with Gasteiger partial charge in [0.25, 0.3) is 0 Å². The Balaban J connectivity index is 2.11. The number of rotatable bonds is 3. The zero-order chi connectivity index (χ0) is 14.5. The van der Waals surface area contributed by atoms with Crippen LogP contribution in [-0.4, -0.2) is 5.91 Å². The molecule has 3 N–H and O–H groups in total. The summed E-state index contributed by atoms with van der Waals surface area (Å²) in [6.45, 7) is 0. The molecule has 0 heterocycles. The van der Waals surface area contributed by atoms with Gasteiger partial charge in [-0.25, -0.2) is 0 Å². The topological polar surface area (TPSA) is 78.9 Å². The summed E-state index contributed by atoms with van der Waals surface area (Å²) >= 11 is 3.36. The standard InChI is InChI=1S/C15H12BrN3O/c16-12-3-1-2-10(6-12)7-15(20)19-14-5-4-13(18)8-11(14)9-17/h1-6,8H,7,18H2,(H,19,20). The normalized spacial score (nSPS) is 9.80. The average molecular weight is 330 g/mol. The van der Waals surface area contributed by atoms with Crippen LogP contribution in [0.4, 0.5) is 11.4 Å². The fourth-order valence-corrected chi connectivity index (χ4v) is 2.24. The second-order valence-electron chi connectivity index (χ2n) is 4.27. The number of amides is 1. The SMILES string of the molecule is N#Cc1cc(N)ccc1NC(=O)Cc1cccc(Br)c1. The number of nitriles is 1. The van der Waals surface area contributed by atoms with E-state index >= 15 is 0 Å². The molecule has 0 aromatic heterocycles. The van der Waals surface area contributed by atoms with E-state index in [2.05, 4.69) is 21.2 Å². The van der Waals surface area contributed by atoms with Crippen molar-refractivity contribution < 1.29 is 4.79 Å². The minimum atomic E-state index is -0.177. The Labute approximate surface area is 125 Å². The van der Waals surface area contributed by atoms with Crippen LogP contribution in [0.15, 0.2) is 46.9 Å². The Morgan fingerprint density at radius 3 is 2.80 bits per heavy atom. The molecule has 0 bridgehead atoms. The molecule has 2 aromatic rings. The number of nitrogen functional groups attached to an aromatic ring is 1. The van der Waals surface area contributed by atoms with Crippen molar-refractivity contribution in [3.8, 4) is 6.07 Å². The molecule has 5 heteroatoms. The monoisotopic (exact) mass is 329 g/mol. The third kappa shape index (κ3) is 3.59. The first-order valence-electron chi connectivity index (χ1n) is 5.92. The maximum Gasteiger partial charge on any atom is 0.228 e. The summed E-state index contributed by atoms with van der Waals surface area (Å²) in [5, 5.41) is 11.7. The highest BCUT2D eigenvalue weighted by Gasteiger charge is 2.08. The lowest BCUT2D eigenvalue weighted by molar-refractivity contribution is -0.115. The summed E-state index contributed by atoms with van der Waals surface area (Å²) in [5.74, 6) is -0.177. The molecule has 0 saturated heterocycles. The third-order valence-electron chi connectivity index (χ3n) is 2.69. The molecule has 0 fully saturated rings. The highest BCUT2D eigenvalue weighted by molar-refractivity contribution is 9.10. The molecule has 0 unspecified atom stereocenters. The predicted octanol–water partition coefficient (Wildman–Crippen LogP) is 3.08. The Hall–Kier alpha value is -2.32. The molecule has 0 atom stereocenters. The molecule has 2 aromatic carbocycles. The van der Waals surface area contributed by atoms with Crippen LogP contribution in [0.5, 0.6) is 0 Å². The largest absolute Gasteiger partial charge is 0.399 e. The first kappa shape index (κ1) is 14.1. The van der Waals surface area contributed by atoms with E-state index in [1.165, 1.54) is 6.07 Å². The van der Waals surface area contributed by atoms with Crippen molar-refractivity contribution in [2.24, 2.45) is 0 Å². The molecule has 20 heavy (non-hydrogen) atoms. The second-order valence-corrected chi connectivity index (χ2v) is 5.19. The van der Waals surface area contributed by atoms with Crippen molar-refractivity contribution in [2.75, 3.05) is 11.1 Å². The molecule has 0 aliphatic heterocycles. The number of carbonyl (C=O) groups excluding carboxylic acids is 1. The van der Waals surface area contributed by atoms with Gasteiger partial charge >= 0.3 is 0 Å². The maximum absolute atomic E-state index is 12.0. The number of hydrogen-bond donors (Lipinski definition) is 2. The zero-order valence-corrected chi connectivity index (χ0v) is 12.1. The quantitative estimate of drug-likeness (QED) is 0.849. The summed E-state index contributed by atoms with van der Waals surface area (Å²) in [4.78, 5) is 12.0. The van der Waals surface area contributed by atoms with Gasteiger partial charge in [0.15, 0.2) is 0 Å². The number of nitrogens with zero attached hydrogens (tertiary/aromatic N) is 1. The van der Waals surface area contributed by atoms with Gasteiger partial charge in [-0.3, -0.25) is 4.79 Å². The Kier molecular flexibility index (Phi) is 4.38. The Morgan fingerprint density at radius 1 is 1.30 bits per heavy atom. The van der Waals surface area contributed by atoms with E-state index < -0.39 is 0 Å². The number of anilines is 2. The third-order valence-corrected chi connectivity index (χ3v) is 3.19. The van der Waals surface area contributed by atoms with Crippen LogP contribution in [0.2, 0.25) is 0 Å². The van der Waals surface area contributed by atoms with E-state index in [0.29, 0.717) is 16.9 Å². The van der Waals surface area contributed by atoms with Gasteiger partial charge in [0.1, 0.15) is 6.07 Å². The highest BCUT2D eigenvalue weighted by atomic mass is 79.9. The minimum absolute atomic E-state index is 0.177. The number of benzene rings is 2. The van der Waals surface area contributed by atoms with Gasteiger partial charge in [-0.2, -0.15) is 5.26 Å². The second kappa shape index (κ2) is 6.22. The number of nitrogens with one attached hydrogen (secondary N) is 1. The van der Waals surface area contributed by atoms with Crippen molar-refractivity contribution in [1.29, 1.82) is 5.26 Å². The summed E-state index contributed by atoms with van der Waals surface area (Å²) in [6.07, 6.45) is 0.245. The number of nitrogens with two attached hydrogens (primary N) is 1. The lowest BCUT2D eigenvalue weighted by atomic mass is 10.1. The van der Waals surface area contributed by atoms with Crippen LogP contribution in [0, 0.1) is 11.3 Å². The van der Waals surface area contributed by atoms with E-state index in [1.54, 1.807) is 12.1 Å². The van der Waals surface area contributed by atoms with E-state index in [1.807, 2.05) is 30.3 Å². The van der Waals surface area contributed by atoms with Gasteiger partial charge in [-0.05, 0) is 35.9 Å². The van der Waals surface area contributed by atoms with E-state index in [9.17, 15) is 4.79 Å². The molecule has 0 radical (unpaired) electrons. The van der Waals surface area contributed by atoms with Gasteiger partial charge in [0.2, 0.25) is 5.91 Å². The number of halogens is 1. The van der Waals surface area contributed by atoms with Crippen LogP contribution in [0.25, 0.3) is 0 Å². The summed E-state index contributed by atoms with van der Waals surface area (Å²) in [7, 11) is 0. The average Bonchev–Trinajstić information content (AvgIpc) is 2.40. The van der Waals surface area contributed by atoms with Crippen molar-refractivity contribution in [2.45, 2.75) is 6.42 Å². The molecular weight excluding hydrogens is 318 g/mol. The molecule has 2 rings (SSSR count). The summed E-state index contributed by atoms with van der Waals surface area (Å²) in [5.41, 5.74) is 7.82. The van der Waals surface area contributed by atoms with Gasteiger partial charge in [-0.15, -0.1) is 0 Å². The lowest BCUT2D eigenvalue weighted by Crippen LogP contribution is -2.15. The van der Waals surface area contributed by atoms with E-state index in [0.717, 1.165) is 10.0 Å². The molecule has 1 amide bonds. The Morgan fingerprint density at radius 2 is 2.10 bits per heavy atom. The van der Waals surface area contributed by atoms with Crippen molar-refractivity contribution in [1.82, 2.24) is 0 Å². The van der Waals surface area contributed by atoms with Crippen LogP contribution in [0.3, 0.4) is 0 Å². The van der Waals surface area contributed by atoms with Gasteiger partial charge in [0.05, 0.1) is 17.7 Å². The minimum Gasteiger partial charge on any atom is -0.399 e. The first-order valence-corrected chi connectivity index (χ1v) is 6.71. The molecule has 0 aliphatic carbocycles. The first-order chi connectivity index (χ1) is 9.58. The lowest BCUT2D eigenvalue weighted by Gasteiger charge is -2.08. The summed E-state index contributed by atoms with van der Waals surface area (Å²) in [6, 6.07) is 14.4. The number of carbonyl (C=O) groups is 1. The number of hydrogen-bond acceptors (Lipinski definition) is 3. The van der Waals surface area contributed by atoms with Crippen molar-refractivity contribution in [3.63, 3.8) is 0 Å². The van der Waals surface area contributed by atoms with E-state index in [4.69, 9.17) is 11.0 Å². The molecule has 0 saturated carbocycles. The van der Waals surface area contributed by atoms with Crippen LogP contribution < -0.4 is 11.1 Å². The van der Waals surface area contributed by atoms with Crippen LogP contribution >= 0.6 is 15.9 Å².